The zero-order chi connectivity index (χ0) is 45.6. The monoisotopic (exact) mass is 866 g/mol. The van der Waals surface area contributed by atoms with Gasteiger partial charge in [0.05, 0.1) is 40.3 Å². The first-order chi connectivity index (χ1) is 30.1. The summed E-state index contributed by atoms with van der Waals surface area (Å²) in [5.41, 5.74) is 0. The molecule has 62 heavy (non-hydrogen) atoms. The van der Waals surface area contributed by atoms with Crippen LogP contribution in [0.4, 0.5) is 0 Å². The first kappa shape index (κ1) is 58.5. The lowest BCUT2D eigenvalue weighted by molar-refractivity contribution is -0.889. The number of allylic oxidation sites excluding steroid dienone is 14. The number of carboxylic acids is 1. The summed E-state index contributed by atoms with van der Waals surface area (Å²) in [6.45, 7) is 4.42. The van der Waals surface area contributed by atoms with Gasteiger partial charge in [0, 0.05) is 19.3 Å². The summed E-state index contributed by atoms with van der Waals surface area (Å²) in [5, 5.41) is 11.7. The van der Waals surface area contributed by atoms with Gasteiger partial charge in [-0.05, 0) is 83.5 Å². The molecule has 0 fully saturated rings. The van der Waals surface area contributed by atoms with Crippen molar-refractivity contribution in [2.24, 2.45) is 0 Å². The fraction of sp³-hybridized carbons (Fsp3) is 0.685. The summed E-state index contributed by atoms with van der Waals surface area (Å²) in [6.07, 6.45) is 57.5. The molecule has 0 aliphatic rings. The van der Waals surface area contributed by atoms with Crippen LogP contribution in [-0.2, 0) is 28.6 Å². The predicted octanol–water partition coefficient (Wildman–Crippen LogP) is 12.7. The van der Waals surface area contributed by atoms with Gasteiger partial charge in [0.2, 0.25) is 0 Å². The molecule has 0 spiro atoms. The molecule has 0 N–H and O–H groups in total. The molecule has 0 bridgehead atoms. The number of carbonyl (C=O) groups excluding carboxylic acids is 3. The van der Waals surface area contributed by atoms with E-state index in [0.717, 1.165) is 103 Å². The van der Waals surface area contributed by atoms with Crippen molar-refractivity contribution in [3.63, 3.8) is 0 Å². The van der Waals surface area contributed by atoms with Gasteiger partial charge in [0.1, 0.15) is 12.6 Å². The lowest BCUT2D eigenvalue weighted by Crippen LogP contribution is -2.55. The fourth-order valence-corrected chi connectivity index (χ4v) is 6.78. The zero-order valence-corrected chi connectivity index (χ0v) is 40.3. The highest BCUT2D eigenvalue weighted by Crippen LogP contribution is 2.14. The average molecular weight is 866 g/mol. The van der Waals surface area contributed by atoms with E-state index in [-0.39, 0.29) is 42.7 Å². The first-order valence-electron chi connectivity index (χ1n) is 24.6. The molecule has 8 heteroatoms. The maximum absolute atomic E-state index is 12.8. The SMILES string of the molecule is CC/C=C/C/C=C/C/C=C/C/C=C/CCCCCCCCCCCC(=O)OC(COCCC(C(=O)[O-])[N+](C)(C)C)COC(=O)CCCCCCCC/C=C/C/C=C/C/C=C/CC. The van der Waals surface area contributed by atoms with Crippen molar-refractivity contribution in [2.75, 3.05) is 41.0 Å². The van der Waals surface area contributed by atoms with Crippen LogP contribution in [0, 0.1) is 0 Å². The quantitative estimate of drug-likeness (QED) is 0.0260. The van der Waals surface area contributed by atoms with Gasteiger partial charge < -0.3 is 28.6 Å². The normalized spacial score (nSPS) is 13.6. The van der Waals surface area contributed by atoms with Gasteiger partial charge >= 0.3 is 11.9 Å². The maximum Gasteiger partial charge on any atom is 0.306 e. The van der Waals surface area contributed by atoms with Crippen LogP contribution in [0.25, 0.3) is 0 Å². The highest BCUT2D eigenvalue weighted by Gasteiger charge is 2.25. The van der Waals surface area contributed by atoms with Gasteiger partial charge in [-0.1, -0.05) is 170 Å². The van der Waals surface area contributed by atoms with Crippen molar-refractivity contribution in [2.45, 2.75) is 199 Å². The van der Waals surface area contributed by atoms with Crippen molar-refractivity contribution in [3.05, 3.63) is 85.1 Å². The molecular weight excluding hydrogens is 775 g/mol. The number of carboxylic acid groups (broad SMARTS) is 1. The minimum Gasteiger partial charge on any atom is -0.544 e. The van der Waals surface area contributed by atoms with E-state index in [0.29, 0.717) is 12.8 Å². The van der Waals surface area contributed by atoms with E-state index in [1.165, 1.54) is 51.4 Å². The fourth-order valence-electron chi connectivity index (χ4n) is 6.78. The van der Waals surface area contributed by atoms with E-state index in [1.54, 1.807) is 21.1 Å². The molecule has 2 atom stereocenters. The Bertz CT molecular complexity index is 1290. The second-order valence-electron chi connectivity index (χ2n) is 17.3. The smallest absolute Gasteiger partial charge is 0.306 e. The lowest BCUT2D eigenvalue weighted by atomic mass is 10.1. The zero-order valence-electron chi connectivity index (χ0n) is 40.3. The molecule has 0 aromatic carbocycles. The number of esters is 2. The Hall–Kier alpha value is -3.49. The molecule has 354 valence electrons. The molecule has 2 unspecified atom stereocenters. The minimum atomic E-state index is -1.13. The van der Waals surface area contributed by atoms with Crippen molar-refractivity contribution in [1.82, 2.24) is 0 Å². The molecular formula is C54H91NO7. The third-order valence-corrected chi connectivity index (χ3v) is 10.5. The maximum atomic E-state index is 12.8. The van der Waals surface area contributed by atoms with E-state index < -0.39 is 18.1 Å². The van der Waals surface area contributed by atoms with Crippen LogP contribution in [0.15, 0.2) is 85.1 Å². The number of hydrogen-bond acceptors (Lipinski definition) is 7. The highest BCUT2D eigenvalue weighted by molar-refractivity contribution is 5.70. The van der Waals surface area contributed by atoms with Crippen molar-refractivity contribution >= 4 is 17.9 Å². The predicted molar refractivity (Wildman–Crippen MR) is 258 cm³/mol. The molecule has 0 aromatic rings. The standard InChI is InChI=1S/C54H91NO7/c1-6-8-10-12-14-16-18-20-22-24-25-26-27-28-29-31-33-35-37-39-41-43-45-53(57)62-50(48-60-47-46-51(54(58)59)55(3,4)5)49-61-52(56)44-42-40-38-36-34-32-30-23-21-19-17-15-13-11-9-7-2/h8-11,14-17,20-23,25-26,50-51H,6-7,12-13,18-19,24,27-49H2,1-5H3/b10-8+,11-9+,16-14+,17-15+,22-20+,23-21+,26-25+. The molecule has 0 rings (SSSR count). The minimum absolute atomic E-state index is 0.0297. The van der Waals surface area contributed by atoms with Gasteiger partial charge in [-0.25, -0.2) is 0 Å². The molecule has 0 aromatic heterocycles. The molecule has 0 saturated carbocycles. The third-order valence-electron chi connectivity index (χ3n) is 10.5. The molecule has 0 amide bonds. The topological polar surface area (TPSA) is 102 Å². The van der Waals surface area contributed by atoms with E-state index in [4.69, 9.17) is 14.2 Å². The number of aliphatic carboxylic acids is 1. The molecule has 0 aliphatic heterocycles. The average Bonchev–Trinajstić information content (AvgIpc) is 3.23. The van der Waals surface area contributed by atoms with Gasteiger partial charge in [-0.15, -0.1) is 0 Å². The van der Waals surface area contributed by atoms with Gasteiger partial charge in [0.15, 0.2) is 6.10 Å². The Balaban J connectivity index is 4.30. The van der Waals surface area contributed by atoms with Crippen LogP contribution in [0.1, 0.15) is 187 Å². The summed E-state index contributed by atoms with van der Waals surface area (Å²) in [5.74, 6) is -1.77. The van der Waals surface area contributed by atoms with E-state index >= 15 is 0 Å². The summed E-state index contributed by atoms with van der Waals surface area (Å²) in [4.78, 5) is 37.0. The Morgan fingerprint density at radius 1 is 0.484 bits per heavy atom. The van der Waals surface area contributed by atoms with Gasteiger partial charge in [0.25, 0.3) is 0 Å². The third kappa shape index (κ3) is 41.8. The number of hydrogen-bond donors (Lipinski definition) is 0. The number of rotatable bonds is 43. The number of quaternary nitrogens is 1. The Morgan fingerprint density at radius 2 is 0.855 bits per heavy atom. The Kier molecular flexibility index (Phi) is 41.6. The van der Waals surface area contributed by atoms with Gasteiger partial charge in [-0.3, -0.25) is 9.59 Å². The van der Waals surface area contributed by atoms with Crippen LogP contribution in [0.3, 0.4) is 0 Å². The van der Waals surface area contributed by atoms with Crippen molar-refractivity contribution < 1.29 is 38.2 Å². The van der Waals surface area contributed by atoms with E-state index in [1.807, 2.05) is 0 Å². The largest absolute Gasteiger partial charge is 0.544 e. The number of carbonyl (C=O) groups is 3. The van der Waals surface area contributed by atoms with Crippen LogP contribution in [0.5, 0.6) is 0 Å². The molecule has 0 aliphatic carbocycles. The second-order valence-corrected chi connectivity index (χ2v) is 17.3. The molecule has 8 nitrogen and oxygen atoms in total. The van der Waals surface area contributed by atoms with Gasteiger partial charge in [-0.2, -0.15) is 0 Å². The Morgan fingerprint density at radius 3 is 1.26 bits per heavy atom. The van der Waals surface area contributed by atoms with Crippen molar-refractivity contribution in [1.29, 1.82) is 0 Å². The Labute approximate surface area is 380 Å². The van der Waals surface area contributed by atoms with E-state index in [9.17, 15) is 19.5 Å². The number of nitrogens with zero attached hydrogens (tertiary/aromatic N) is 1. The molecule has 0 heterocycles. The summed E-state index contributed by atoms with van der Waals surface area (Å²) in [6, 6.07) is -0.733. The van der Waals surface area contributed by atoms with Crippen molar-refractivity contribution in [3.8, 4) is 0 Å². The summed E-state index contributed by atoms with van der Waals surface area (Å²) in [7, 11) is 5.40. The number of unbranched alkanes of at least 4 members (excludes halogenated alkanes) is 15. The number of ether oxygens (including phenoxy) is 3. The van der Waals surface area contributed by atoms with Crippen LogP contribution in [0.2, 0.25) is 0 Å². The first-order valence-corrected chi connectivity index (χ1v) is 24.6. The number of likely N-dealkylation sites (N-methyl/N-ethyl adjacent to an activating group) is 1. The summed E-state index contributed by atoms with van der Waals surface area (Å²) < 4.78 is 17.2. The van der Waals surface area contributed by atoms with E-state index in [2.05, 4.69) is 98.9 Å². The van der Waals surface area contributed by atoms with Crippen LogP contribution in [-0.4, -0.2) is 75.5 Å². The summed E-state index contributed by atoms with van der Waals surface area (Å²) >= 11 is 0. The molecule has 0 radical (unpaired) electrons. The van der Waals surface area contributed by atoms with Crippen LogP contribution >= 0.6 is 0 Å². The highest BCUT2D eigenvalue weighted by atomic mass is 16.6. The lowest BCUT2D eigenvalue weighted by Gasteiger charge is -2.34. The van der Waals surface area contributed by atoms with Crippen LogP contribution < -0.4 is 5.11 Å². The second kappa shape index (κ2) is 44.1. The molecule has 0 saturated heterocycles.